The van der Waals surface area contributed by atoms with Crippen LogP contribution in [-0.4, -0.2) is 31.3 Å². The van der Waals surface area contributed by atoms with E-state index in [0.717, 1.165) is 44.1 Å². The fourth-order valence-corrected chi connectivity index (χ4v) is 4.39. The number of hydrogen-bond donors (Lipinski definition) is 2. The highest BCUT2D eigenvalue weighted by Crippen LogP contribution is 2.25. The molecule has 154 valence electrons. The van der Waals surface area contributed by atoms with E-state index < -0.39 is 0 Å². The molecule has 2 unspecified atom stereocenters. The SMILES string of the molecule is CCC(CC)C1CC(NC(=NCc2cccs2)NCCc2ccco2)CCO1. The lowest BCUT2D eigenvalue weighted by atomic mass is 9.89. The third-order valence-electron chi connectivity index (χ3n) is 5.45. The third kappa shape index (κ3) is 6.38. The Balaban J connectivity index is 1.57. The molecule has 2 aromatic heterocycles. The number of guanidine groups is 1. The van der Waals surface area contributed by atoms with Gasteiger partial charge in [0.1, 0.15) is 5.76 Å². The van der Waals surface area contributed by atoms with Gasteiger partial charge in [-0.1, -0.05) is 32.8 Å². The highest BCUT2D eigenvalue weighted by atomic mass is 32.1. The molecule has 1 aliphatic heterocycles. The summed E-state index contributed by atoms with van der Waals surface area (Å²) in [5, 5.41) is 9.25. The van der Waals surface area contributed by atoms with Crippen molar-refractivity contribution in [2.45, 2.75) is 64.6 Å². The van der Waals surface area contributed by atoms with Gasteiger partial charge >= 0.3 is 0 Å². The maximum Gasteiger partial charge on any atom is 0.191 e. The van der Waals surface area contributed by atoms with Crippen LogP contribution >= 0.6 is 11.3 Å². The Bertz CT molecular complexity index is 681. The summed E-state index contributed by atoms with van der Waals surface area (Å²) in [6, 6.07) is 8.55. The molecule has 0 spiro atoms. The van der Waals surface area contributed by atoms with Gasteiger partial charge in [0.15, 0.2) is 5.96 Å². The van der Waals surface area contributed by atoms with Crippen LogP contribution in [0.2, 0.25) is 0 Å². The molecule has 6 heteroatoms. The quantitative estimate of drug-likeness (QED) is 0.474. The van der Waals surface area contributed by atoms with Crippen LogP contribution in [0.5, 0.6) is 0 Å². The maximum atomic E-state index is 6.07. The number of thiophene rings is 1. The van der Waals surface area contributed by atoms with E-state index in [9.17, 15) is 0 Å². The molecular weight excluding hydrogens is 370 g/mol. The molecule has 28 heavy (non-hydrogen) atoms. The Kier molecular flexibility index (Phi) is 8.42. The van der Waals surface area contributed by atoms with E-state index in [1.165, 1.54) is 17.7 Å². The van der Waals surface area contributed by atoms with Crippen molar-refractivity contribution in [2.75, 3.05) is 13.2 Å². The molecule has 2 aromatic rings. The van der Waals surface area contributed by atoms with Crippen LogP contribution in [0, 0.1) is 5.92 Å². The summed E-state index contributed by atoms with van der Waals surface area (Å²) in [4.78, 5) is 6.09. The average Bonchev–Trinajstić information content (AvgIpc) is 3.41. The first-order valence-electron chi connectivity index (χ1n) is 10.5. The van der Waals surface area contributed by atoms with Crippen molar-refractivity contribution in [1.82, 2.24) is 10.6 Å². The predicted molar refractivity (Wildman–Crippen MR) is 116 cm³/mol. The molecule has 0 aromatic carbocycles. The van der Waals surface area contributed by atoms with Crippen molar-refractivity contribution in [3.63, 3.8) is 0 Å². The molecule has 0 bridgehead atoms. The second-order valence-corrected chi connectivity index (χ2v) is 8.38. The van der Waals surface area contributed by atoms with Gasteiger partial charge in [-0.2, -0.15) is 0 Å². The van der Waals surface area contributed by atoms with E-state index in [1.807, 2.05) is 12.1 Å². The summed E-state index contributed by atoms with van der Waals surface area (Å²) in [5.41, 5.74) is 0. The van der Waals surface area contributed by atoms with Gasteiger partial charge in [0.25, 0.3) is 0 Å². The lowest BCUT2D eigenvalue weighted by Crippen LogP contribution is -2.48. The van der Waals surface area contributed by atoms with Crippen LogP contribution in [0.4, 0.5) is 0 Å². The van der Waals surface area contributed by atoms with Crippen LogP contribution in [-0.2, 0) is 17.7 Å². The minimum absolute atomic E-state index is 0.350. The standard InChI is InChI=1S/C22H33N3O2S/c1-3-17(4-2)21-15-18(10-13-27-21)25-22(24-16-20-8-6-14-28-20)23-11-9-19-7-5-12-26-19/h5-8,12,14,17-18,21H,3-4,9-11,13,15-16H2,1-2H3,(H2,23,24,25). The zero-order valence-corrected chi connectivity index (χ0v) is 17.8. The fraction of sp³-hybridized carbons (Fsp3) is 0.591. The van der Waals surface area contributed by atoms with Crippen LogP contribution < -0.4 is 10.6 Å². The zero-order valence-electron chi connectivity index (χ0n) is 17.0. The molecule has 0 aliphatic carbocycles. The summed E-state index contributed by atoms with van der Waals surface area (Å²) >= 11 is 1.75. The molecule has 0 radical (unpaired) electrons. The van der Waals surface area contributed by atoms with Gasteiger partial charge in [0, 0.05) is 30.5 Å². The van der Waals surface area contributed by atoms with Crippen molar-refractivity contribution >= 4 is 17.3 Å². The van der Waals surface area contributed by atoms with E-state index >= 15 is 0 Å². The number of rotatable bonds is 9. The third-order valence-corrected chi connectivity index (χ3v) is 6.31. The van der Waals surface area contributed by atoms with Gasteiger partial charge in [0.2, 0.25) is 0 Å². The largest absolute Gasteiger partial charge is 0.469 e. The van der Waals surface area contributed by atoms with Crippen molar-refractivity contribution in [3.05, 3.63) is 46.5 Å². The summed E-state index contributed by atoms with van der Waals surface area (Å²) in [7, 11) is 0. The Morgan fingerprint density at radius 2 is 2.18 bits per heavy atom. The van der Waals surface area contributed by atoms with Gasteiger partial charge in [-0.3, -0.25) is 0 Å². The molecule has 1 fully saturated rings. The summed E-state index contributed by atoms with van der Waals surface area (Å²) in [5.74, 6) is 2.52. The molecule has 1 aliphatic rings. The predicted octanol–water partition coefficient (Wildman–Crippen LogP) is 4.60. The first kappa shape index (κ1) is 20.9. The number of furan rings is 1. The lowest BCUT2D eigenvalue weighted by molar-refractivity contribution is -0.0324. The van der Waals surface area contributed by atoms with Gasteiger partial charge in [-0.05, 0) is 42.3 Å². The van der Waals surface area contributed by atoms with E-state index in [1.54, 1.807) is 17.6 Å². The monoisotopic (exact) mass is 403 g/mol. The highest BCUT2D eigenvalue weighted by molar-refractivity contribution is 7.09. The highest BCUT2D eigenvalue weighted by Gasteiger charge is 2.28. The molecule has 3 heterocycles. The van der Waals surface area contributed by atoms with Gasteiger partial charge < -0.3 is 19.8 Å². The molecule has 5 nitrogen and oxygen atoms in total. The van der Waals surface area contributed by atoms with Gasteiger partial charge in [-0.15, -0.1) is 11.3 Å². The van der Waals surface area contributed by atoms with Crippen molar-refractivity contribution < 1.29 is 9.15 Å². The van der Waals surface area contributed by atoms with Crippen LogP contribution in [0.25, 0.3) is 0 Å². The Hall–Kier alpha value is -1.79. The average molecular weight is 404 g/mol. The Morgan fingerprint density at radius 1 is 1.29 bits per heavy atom. The Labute approximate surface area is 172 Å². The summed E-state index contributed by atoms with van der Waals surface area (Å²) < 4.78 is 11.5. The lowest BCUT2D eigenvalue weighted by Gasteiger charge is -2.35. The van der Waals surface area contributed by atoms with E-state index in [4.69, 9.17) is 14.1 Å². The molecule has 3 rings (SSSR count). The normalized spacial score (nSPS) is 20.5. The maximum absolute atomic E-state index is 6.07. The second-order valence-electron chi connectivity index (χ2n) is 7.35. The van der Waals surface area contributed by atoms with Gasteiger partial charge in [-0.25, -0.2) is 4.99 Å². The number of nitrogens with one attached hydrogen (secondary N) is 2. The van der Waals surface area contributed by atoms with Crippen molar-refractivity contribution in [2.24, 2.45) is 10.9 Å². The minimum atomic E-state index is 0.350. The van der Waals surface area contributed by atoms with E-state index in [0.29, 0.717) is 24.6 Å². The van der Waals surface area contributed by atoms with Gasteiger partial charge in [0.05, 0.1) is 18.9 Å². The molecular formula is C22H33N3O2S. The zero-order chi connectivity index (χ0) is 19.6. The van der Waals surface area contributed by atoms with E-state index in [-0.39, 0.29) is 0 Å². The fourth-order valence-electron chi connectivity index (χ4n) is 3.77. The topological polar surface area (TPSA) is 58.8 Å². The van der Waals surface area contributed by atoms with E-state index in [2.05, 4.69) is 42.0 Å². The van der Waals surface area contributed by atoms with Crippen molar-refractivity contribution in [1.29, 1.82) is 0 Å². The first-order valence-corrected chi connectivity index (χ1v) is 11.4. The number of hydrogen-bond acceptors (Lipinski definition) is 4. The minimum Gasteiger partial charge on any atom is -0.469 e. The van der Waals surface area contributed by atoms with Crippen LogP contribution in [0.1, 0.15) is 50.2 Å². The number of nitrogens with zero attached hydrogens (tertiary/aromatic N) is 1. The van der Waals surface area contributed by atoms with Crippen LogP contribution in [0.15, 0.2) is 45.3 Å². The molecule has 0 amide bonds. The number of aliphatic imine (C=N–C) groups is 1. The first-order chi connectivity index (χ1) is 13.8. The van der Waals surface area contributed by atoms with Crippen molar-refractivity contribution in [3.8, 4) is 0 Å². The Morgan fingerprint density at radius 3 is 2.89 bits per heavy atom. The molecule has 1 saturated heterocycles. The second kappa shape index (κ2) is 11.3. The summed E-state index contributed by atoms with van der Waals surface area (Å²) in [6.45, 7) is 6.84. The molecule has 0 saturated carbocycles. The molecule has 2 atom stereocenters. The van der Waals surface area contributed by atoms with Crippen LogP contribution in [0.3, 0.4) is 0 Å². The number of ether oxygens (including phenoxy) is 1. The summed E-state index contributed by atoms with van der Waals surface area (Å²) in [6.07, 6.45) is 7.33. The molecule has 2 N–H and O–H groups in total. The smallest absolute Gasteiger partial charge is 0.191 e.